The van der Waals surface area contributed by atoms with Crippen molar-refractivity contribution in [2.45, 2.75) is 33.1 Å². The lowest BCUT2D eigenvalue weighted by Crippen LogP contribution is -2.12. The summed E-state index contributed by atoms with van der Waals surface area (Å²) in [7, 11) is 0. The minimum absolute atomic E-state index is 0.0993. The second-order valence-corrected chi connectivity index (χ2v) is 4.59. The standard InChI is InChI=1S/C14H20O2/c1-11(2)9-14(15)16-10-12(3)13-7-5-4-6-8-13/h4-8,11-12H,9-10H2,1-3H3. The fraction of sp³-hybridized carbons (Fsp3) is 0.500. The molecule has 2 nitrogen and oxygen atoms in total. The molecule has 0 aromatic heterocycles. The summed E-state index contributed by atoms with van der Waals surface area (Å²) in [4.78, 5) is 11.4. The van der Waals surface area contributed by atoms with Gasteiger partial charge in [-0.25, -0.2) is 0 Å². The first-order valence-corrected chi connectivity index (χ1v) is 5.80. The van der Waals surface area contributed by atoms with Gasteiger partial charge in [-0.2, -0.15) is 0 Å². The third-order valence-corrected chi connectivity index (χ3v) is 2.44. The fourth-order valence-corrected chi connectivity index (χ4v) is 1.49. The highest BCUT2D eigenvalue weighted by atomic mass is 16.5. The van der Waals surface area contributed by atoms with E-state index in [0.717, 1.165) is 0 Å². The van der Waals surface area contributed by atoms with E-state index in [2.05, 4.69) is 19.1 Å². The van der Waals surface area contributed by atoms with Gasteiger partial charge in [-0.3, -0.25) is 4.79 Å². The minimum atomic E-state index is -0.0993. The SMILES string of the molecule is CC(C)CC(=O)OCC(C)c1ccccc1. The number of rotatable bonds is 5. The third kappa shape index (κ3) is 4.47. The summed E-state index contributed by atoms with van der Waals surface area (Å²) in [5.41, 5.74) is 1.21. The molecule has 0 N–H and O–H groups in total. The first-order chi connectivity index (χ1) is 7.59. The molecule has 0 bridgehead atoms. The first-order valence-electron chi connectivity index (χ1n) is 5.80. The predicted octanol–water partition coefficient (Wildman–Crippen LogP) is 3.38. The van der Waals surface area contributed by atoms with Crippen LogP contribution >= 0.6 is 0 Å². The number of esters is 1. The van der Waals surface area contributed by atoms with Crippen molar-refractivity contribution in [3.8, 4) is 0 Å². The van der Waals surface area contributed by atoms with Crippen LogP contribution in [0, 0.1) is 5.92 Å². The Morgan fingerprint density at radius 1 is 1.19 bits per heavy atom. The van der Waals surface area contributed by atoms with Crippen molar-refractivity contribution in [2.75, 3.05) is 6.61 Å². The lowest BCUT2D eigenvalue weighted by molar-refractivity contribution is -0.144. The molecule has 0 aliphatic heterocycles. The third-order valence-electron chi connectivity index (χ3n) is 2.44. The van der Waals surface area contributed by atoms with Crippen molar-refractivity contribution in [2.24, 2.45) is 5.92 Å². The highest BCUT2D eigenvalue weighted by molar-refractivity contribution is 5.69. The summed E-state index contributed by atoms with van der Waals surface area (Å²) in [6.07, 6.45) is 0.501. The van der Waals surface area contributed by atoms with Gasteiger partial charge in [-0.1, -0.05) is 51.1 Å². The summed E-state index contributed by atoms with van der Waals surface area (Å²) in [6.45, 7) is 6.57. The smallest absolute Gasteiger partial charge is 0.306 e. The molecule has 1 rings (SSSR count). The maximum absolute atomic E-state index is 11.4. The molecule has 1 aromatic carbocycles. The van der Waals surface area contributed by atoms with E-state index in [1.54, 1.807) is 0 Å². The molecule has 0 aliphatic carbocycles. The molecule has 2 heteroatoms. The van der Waals surface area contributed by atoms with Gasteiger partial charge in [0.2, 0.25) is 0 Å². The van der Waals surface area contributed by atoms with Crippen LogP contribution in [0.2, 0.25) is 0 Å². The van der Waals surface area contributed by atoms with Gasteiger partial charge in [-0.05, 0) is 11.5 Å². The second kappa shape index (κ2) is 6.31. The quantitative estimate of drug-likeness (QED) is 0.711. The van der Waals surface area contributed by atoms with Crippen molar-refractivity contribution >= 4 is 5.97 Å². The highest BCUT2D eigenvalue weighted by Gasteiger charge is 2.10. The Balaban J connectivity index is 2.36. The van der Waals surface area contributed by atoms with Crippen LogP contribution in [-0.4, -0.2) is 12.6 Å². The van der Waals surface area contributed by atoms with Crippen LogP contribution in [0.3, 0.4) is 0 Å². The van der Waals surface area contributed by atoms with Crippen LogP contribution < -0.4 is 0 Å². The second-order valence-electron chi connectivity index (χ2n) is 4.59. The Hall–Kier alpha value is -1.31. The molecule has 1 unspecified atom stereocenters. The first kappa shape index (κ1) is 12.8. The summed E-state index contributed by atoms with van der Waals surface area (Å²) in [5, 5.41) is 0. The molecule has 16 heavy (non-hydrogen) atoms. The van der Waals surface area contributed by atoms with E-state index in [4.69, 9.17) is 4.74 Å². The molecule has 0 saturated carbocycles. The van der Waals surface area contributed by atoms with Crippen LogP contribution in [-0.2, 0) is 9.53 Å². The highest BCUT2D eigenvalue weighted by Crippen LogP contribution is 2.15. The van der Waals surface area contributed by atoms with Crippen molar-refractivity contribution < 1.29 is 9.53 Å². The largest absolute Gasteiger partial charge is 0.465 e. The number of carbonyl (C=O) groups excluding carboxylic acids is 1. The molecule has 0 heterocycles. The molecule has 0 fully saturated rings. The summed E-state index contributed by atoms with van der Waals surface area (Å²) < 4.78 is 5.23. The van der Waals surface area contributed by atoms with Crippen molar-refractivity contribution in [1.82, 2.24) is 0 Å². The Morgan fingerprint density at radius 2 is 1.81 bits per heavy atom. The average Bonchev–Trinajstić information content (AvgIpc) is 2.26. The molecule has 0 amide bonds. The average molecular weight is 220 g/mol. The van der Waals surface area contributed by atoms with Gasteiger partial charge in [-0.15, -0.1) is 0 Å². The van der Waals surface area contributed by atoms with Crippen LogP contribution in [0.25, 0.3) is 0 Å². The van der Waals surface area contributed by atoms with E-state index >= 15 is 0 Å². The Kier molecular flexibility index (Phi) is 5.03. The zero-order valence-corrected chi connectivity index (χ0v) is 10.3. The maximum Gasteiger partial charge on any atom is 0.306 e. The molecular formula is C14H20O2. The van der Waals surface area contributed by atoms with Crippen molar-refractivity contribution in [3.63, 3.8) is 0 Å². The van der Waals surface area contributed by atoms with E-state index in [1.807, 2.05) is 32.0 Å². The summed E-state index contributed by atoms with van der Waals surface area (Å²) in [6, 6.07) is 10.1. The number of carbonyl (C=O) groups is 1. The lowest BCUT2D eigenvalue weighted by Gasteiger charge is -2.13. The fourth-order valence-electron chi connectivity index (χ4n) is 1.49. The van der Waals surface area contributed by atoms with E-state index < -0.39 is 0 Å². The maximum atomic E-state index is 11.4. The van der Waals surface area contributed by atoms with Crippen LogP contribution in [0.5, 0.6) is 0 Å². The Morgan fingerprint density at radius 3 is 2.38 bits per heavy atom. The molecule has 0 saturated heterocycles. The van der Waals surface area contributed by atoms with E-state index in [1.165, 1.54) is 5.56 Å². The minimum Gasteiger partial charge on any atom is -0.465 e. The molecule has 88 valence electrons. The number of ether oxygens (including phenoxy) is 1. The Bertz CT molecular complexity index is 317. The van der Waals surface area contributed by atoms with Gasteiger partial charge in [0.25, 0.3) is 0 Å². The normalized spacial score (nSPS) is 12.5. The summed E-state index contributed by atoms with van der Waals surface area (Å²) >= 11 is 0. The molecular weight excluding hydrogens is 200 g/mol. The topological polar surface area (TPSA) is 26.3 Å². The molecule has 1 aromatic rings. The summed E-state index contributed by atoms with van der Waals surface area (Å²) in [5.74, 6) is 0.523. The Labute approximate surface area is 97.6 Å². The van der Waals surface area contributed by atoms with E-state index in [9.17, 15) is 4.79 Å². The molecule has 1 atom stereocenters. The number of hydrogen-bond donors (Lipinski definition) is 0. The molecule has 0 radical (unpaired) electrons. The van der Waals surface area contributed by atoms with E-state index in [0.29, 0.717) is 18.9 Å². The van der Waals surface area contributed by atoms with Crippen molar-refractivity contribution in [1.29, 1.82) is 0 Å². The predicted molar refractivity (Wildman–Crippen MR) is 65.3 cm³/mol. The van der Waals surface area contributed by atoms with Gasteiger partial charge in [0.1, 0.15) is 0 Å². The van der Waals surface area contributed by atoms with E-state index in [-0.39, 0.29) is 11.9 Å². The number of hydrogen-bond acceptors (Lipinski definition) is 2. The van der Waals surface area contributed by atoms with Crippen LogP contribution in [0.4, 0.5) is 0 Å². The van der Waals surface area contributed by atoms with Gasteiger partial charge in [0.05, 0.1) is 6.61 Å². The van der Waals surface area contributed by atoms with Crippen LogP contribution in [0.1, 0.15) is 38.7 Å². The number of benzene rings is 1. The molecule has 0 aliphatic rings. The monoisotopic (exact) mass is 220 g/mol. The van der Waals surface area contributed by atoms with Gasteiger partial charge >= 0.3 is 5.97 Å². The zero-order chi connectivity index (χ0) is 12.0. The van der Waals surface area contributed by atoms with Gasteiger partial charge in [0, 0.05) is 12.3 Å². The zero-order valence-electron chi connectivity index (χ0n) is 10.3. The van der Waals surface area contributed by atoms with Gasteiger partial charge in [0.15, 0.2) is 0 Å². The van der Waals surface area contributed by atoms with Crippen LogP contribution in [0.15, 0.2) is 30.3 Å². The van der Waals surface area contributed by atoms with Gasteiger partial charge < -0.3 is 4.74 Å². The molecule has 0 spiro atoms. The van der Waals surface area contributed by atoms with Crippen molar-refractivity contribution in [3.05, 3.63) is 35.9 Å². The lowest BCUT2D eigenvalue weighted by atomic mass is 10.0.